The van der Waals surface area contributed by atoms with Crippen molar-refractivity contribution in [1.82, 2.24) is 15.8 Å². The normalized spacial score (nSPS) is 17.7. The zero-order valence-corrected chi connectivity index (χ0v) is 13.4. The van der Waals surface area contributed by atoms with Gasteiger partial charge >= 0.3 is 12.1 Å². The molecule has 9 heteroatoms. The molecule has 1 heterocycles. The Morgan fingerprint density at radius 3 is 2.64 bits per heavy atom. The molecule has 0 radical (unpaired) electrons. The minimum absolute atomic E-state index is 0.0758. The van der Waals surface area contributed by atoms with Crippen LogP contribution in [-0.4, -0.2) is 29.0 Å². The van der Waals surface area contributed by atoms with Crippen molar-refractivity contribution in [3.05, 3.63) is 28.5 Å². The summed E-state index contributed by atoms with van der Waals surface area (Å²) in [6.45, 7) is 3.53. The van der Waals surface area contributed by atoms with Gasteiger partial charge in [0.15, 0.2) is 0 Å². The van der Waals surface area contributed by atoms with E-state index in [1.807, 2.05) is 0 Å². The molecule has 1 unspecified atom stereocenters. The zero-order valence-electron chi connectivity index (χ0n) is 11.8. The largest absolute Gasteiger partial charge is 0.344 e. The lowest BCUT2D eigenvalue weighted by atomic mass is 10.1. The molecule has 0 aromatic heterocycles. The molecule has 1 atom stereocenters. The van der Waals surface area contributed by atoms with Crippen molar-refractivity contribution < 1.29 is 18.8 Å². The Morgan fingerprint density at radius 2 is 2.09 bits per heavy atom. The lowest BCUT2D eigenvalue weighted by molar-refractivity contribution is -0.129. The van der Waals surface area contributed by atoms with Gasteiger partial charge in [0.1, 0.15) is 11.9 Å². The Hall–Kier alpha value is -2.16. The molecule has 1 aliphatic rings. The topological polar surface area (TPSA) is 90.5 Å². The minimum Gasteiger partial charge on any atom is -0.324 e. The number of rotatable bonds is 3. The third-order valence-corrected chi connectivity index (χ3v) is 3.52. The van der Waals surface area contributed by atoms with Crippen molar-refractivity contribution >= 4 is 39.6 Å². The van der Waals surface area contributed by atoms with Gasteiger partial charge in [0, 0.05) is 4.47 Å². The third-order valence-electron chi connectivity index (χ3n) is 3.03. The molecule has 1 fully saturated rings. The summed E-state index contributed by atoms with van der Waals surface area (Å²) in [6.07, 6.45) is 0. The van der Waals surface area contributed by atoms with Crippen molar-refractivity contribution in [2.45, 2.75) is 19.9 Å². The predicted octanol–water partition coefficient (Wildman–Crippen LogP) is 2.20. The lowest BCUT2D eigenvalue weighted by Gasteiger charge is -2.16. The Bertz CT molecular complexity index is 638. The fourth-order valence-electron chi connectivity index (χ4n) is 1.90. The van der Waals surface area contributed by atoms with Gasteiger partial charge in [0.2, 0.25) is 0 Å². The standard InChI is InChI=1S/C13H14BrFN4O3/c1-6(2)10-11(20)19(13(22)17-10)18-12(21)16-9-4-3-7(14)5-8(9)15/h3-6,10H,1-2H3,(H,17,22)(H2,16,18,21). The number of halogens is 2. The van der Waals surface area contributed by atoms with Crippen molar-refractivity contribution in [1.29, 1.82) is 0 Å². The van der Waals surface area contributed by atoms with Crippen LogP contribution < -0.4 is 16.1 Å². The number of carbonyl (C=O) groups excluding carboxylic acids is 3. The zero-order chi connectivity index (χ0) is 16.4. The Balaban J connectivity index is 2.03. The molecule has 0 aliphatic carbocycles. The second-order valence-corrected chi connectivity index (χ2v) is 5.95. The number of hydrogen-bond donors (Lipinski definition) is 3. The Labute approximate surface area is 134 Å². The summed E-state index contributed by atoms with van der Waals surface area (Å²) in [7, 11) is 0. The molecule has 7 nitrogen and oxygen atoms in total. The summed E-state index contributed by atoms with van der Waals surface area (Å²) in [5, 5.41) is 5.27. The van der Waals surface area contributed by atoms with E-state index in [0.29, 0.717) is 9.48 Å². The first-order chi connectivity index (χ1) is 10.3. The molecule has 0 bridgehead atoms. The number of urea groups is 2. The molecule has 1 saturated heterocycles. The van der Waals surface area contributed by atoms with Gasteiger partial charge in [-0.25, -0.2) is 19.4 Å². The van der Waals surface area contributed by atoms with E-state index in [1.165, 1.54) is 12.1 Å². The van der Waals surface area contributed by atoms with E-state index in [2.05, 4.69) is 32.0 Å². The molecule has 1 aliphatic heterocycles. The number of nitrogens with one attached hydrogen (secondary N) is 3. The number of hydrogen-bond acceptors (Lipinski definition) is 3. The quantitative estimate of drug-likeness (QED) is 0.710. The van der Waals surface area contributed by atoms with E-state index >= 15 is 0 Å². The summed E-state index contributed by atoms with van der Waals surface area (Å²) < 4.78 is 14.1. The van der Waals surface area contributed by atoms with Crippen molar-refractivity contribution in [3.63, 3.8) is 0 Å². The van der Waals surface area contributed by atoms with Crippen LogP contribution in [0, 0.1) is 11.7 Å². The maximum absolute atomic E-state index is 13.6. The minimum atomic E-state index is -0.894. The molecule has 118 valence electrons. The smallest absolute Gasteiger partial charge is 0.324 e. The van der Waals surface area contributed by atoms with Crippen LogP contribution in [0.1, 0.15) is 13.8 Å². The number of imide groups is 1. The first kappa shape index (κ1) is 16.2. The van der Waals surface area contributed by atoms with Gasteiger partial charge in [-0.3, -0.25) is 4.79 Å². The molecule has 0 saturated carbocycles. The number of amides is 5. The van der Waals surface area contributed by atoms with Crippen LogP contribution in [0.2, 0.25) is 0 Å². The average molecular weight is 373 g/mol. The van der Waals surface area contributed by atoms with Crippen LogP contribution in [0.3, 0.4) is 0 Å². The van der Waals surface area contributed by atoms with Gasteiger partial charge in [-0.1, -0.05) is 29.8 Å². The highest BCUT2D eigenvalue weighted by Gasteiger charge is 2.40. The van der Waals surface area contributed by atoms with Gasteiger partial charge < -0.3 is 10.6 Å². The van der Waals surface area contributed by atoms with E-state index in [1.54, 1.807) is 19.9 Å². The van der Waals surface area contributed by atoms with Crippen LogP contribution >= 0.6 is 15.9 Å². The average Bonchev–Trinajstić information content (AvgIpc) is 2.70. The molecule has 1 aromatic carbocycles. The molecule has 22 heavy (non-hydrogen) atoms. The van der Waals surface area contributed by atoms with E-state index < -0.39 is 29.8 Å². The Morgan fingerprint density at radius 1 is 1.41 bits per heavy atom. The van der Waals surface area contributed by atoms with Crippen LogP contribution in [0.15, 0.2) is 22.7 Å². The van der Waals surface area contributed by atoms with Gasteiger partial charge in [0.05, 0.1) is 5.69 Å². The summed E-state index contributed by atoms with van der Waals surface area (Å²) in [4.78, 5) is 35.4. The van der Waals surface area contributed by atoms with Crippen LogP contribution in [-0.2, 0) is 4.79 Å². The first-order valence-electron chi connectivity index (χ1n) is 6.46. The SMILES string of the molecule is CC(C)C1NC(=O)N(NC(=O)Nc2ccc(Br)cc2F)C1=O. The molecule has 2 rings (SSSR count). The van der Waals surface area contributed by atoms with E-state index in [0.717, 1.165) is 0 Å². The third kappa shape index (κ3) is 3.35. The van der Waals surface area contributed by atoms with Gasteiger partial charge in [-0.2, -0.15) is 5.01 Å². The van der Waals surface area contributed by atoms with Gasteiger partial charge in [-0.15, -0.1) is 0 Å². The van der Waals surface area contributed by atoms with Gasteiger partial charge in [-0.05, 0) is 24.1 Å². The van der Waals surface area contributed by atoms with E-state index in [9.17, 15) is 18.8 Å². The molecule has 1 aromatic rings. The van der Waals surface area contributed by atoms with Crippen LogP contribution in [0.25, 0.3) is 0 Å². The van der Waals surface area contributed by atoms with Crippen LogP contribution in [0.5, 0.6) is 0 Å². The summed E-state index contributed by atoms with van der Waals surface area (Å²) in [6, 6.07) is 1.75. The highest BCUT2D eigenvalue weighted by Crippen LogP contribution is 2.19. The molecule has 5 amide bonds. The summed E-state index contributed by atoms with van der Waals surface area (Å²) in [5.74, 6) is -1.33. The maximum atomic E-state index is 13.6. The fourth-order valence-corrected chi connectivity index (χ4v) is 2.23. The van der Waals surface area contributed by atoms with Crippen molar-refractivity contribution in [3.8, 4) is 0 Å². The van der Waals surface area contributed by atoms with Crippen LogP contribution in [0.4, 0.5) is 19.7 Å². The van der Waals surface area contributed by atoms with Crippen molar-refractivity contribution in [2.24, 2.45) is 5.92 Å². The first-order valence-corrected chi connectivity index (χ1v) is 7.26. The summed E-state index contributed by atoms with van der Waals surface area (Å²) in [5.41, 5.74) is 2.02. The number of benzene rings is 1. The number of hydrazine groups is 1. The molecular weight excluding hydrogens is 359 g/mol. The highest BCUT2D eigenvalue weighted by molar-refractivity contribution is 9.10. The van der Waals surface area contributed by atoms with E-state index in [4.69, 9.17) is 0 Å². The second-order valence-electron chi connectivity index (χ2n) is 5.03. The van der Waals surface area contributed by atoms with Gasteiger partial charge in [0.25, 0.3) is 5.91 Å². The summed E-state index contributed by atoms with van der Waals surface area (Å²) >= 11 is 3.10. The fraction of sp³-hybridized carbons (Fsp3) is 0.308. The van der Waals surface area contributed by atoms with Crippen molar-refractivity contribution in [2.75, 3.05) is 5.32 Å². The Kier molecular flexibility index (Phi) is 4.65. The monoisotopic (exact) mass is 372 g/mol. The predicted molar refractivity (Wildman–Crippen MR) is 80.3 cm³/mol. The molecule has 0 spiro atoms. The number of nitrogens with zero attached hydrogens (tertiary/aromatic N) is 1. The lowest BCUT2D eigenvalue weighted by Crippen LogP contribution is -2.48. The molecule has 3 N–H and O–H groups in total. The molecular formula is C13H14BrFN4O3. The number of carbonyl (C=O) groups is 3. The second kappa shape index (κ2) is 6.30. The maximum Gasteiger partial charge on any atom is 0.344 e. The number of anilines is 1. The highest BCUT2D eigenvalue weighted by atomic mass is 79.9. The van der Waals surface area contributed by atoms with E-state index in [-0.39, 0.29) is 11.6 Å².